The summed E-state index contributed by atoms with van der Waals surface area (Å²) in [7, 11) is 0. The van der Waals surface area contributed by atoms with E-state index in [4.69, 9.17) is 9.84 Å². The first-order valence-corrected chi connectivity index (χ1v) is 8.23. The molecule has 3 rings (SSSR count). The number of hydrogen-bond acceptors (Lipinski definition) is 5. The minimum atomic E-state index is -1.07. The predicted molar refractivity (Wildman–Crippen MR) is 85.2 cm³/mol. The molecule has 0 radical (unpaired) electrons. The second-order valence-electron chi connectivity index (χ2n) is 5.37. The molecule has 126 valence electrons. The molecule has 2 aromatic rings. The van der Waals surface area contributed by atoms with Crippen molar-refractivity contribution in [2.24, 2.45) is 0 Å². The van der Waals surface area contributed by atoms with Gasteiger partial charge in [0.25, 0.3) is 0 Å². The van der Waals surface area contributed by atoms with Crippen molar-refractivity contribution < 1.29 is 23.8 Å². The first-order valence-electron chi connectivity index (χ1n) is 7.35. The molecular weight excluding hydrogens is 335 g/mol. The fraction of sp³-hybridized carbons (Fsp3) is 0.312. The lowest BCUT2D eigenvalue weighted by Crippen LogP contribution is -2.49. The van der Waals surface area contributed by atoms with Crippen LogP contribution in [0, 0.1) is 5.82 Å². The van der Waals surface area contributed by atoms with Crippen molar-refractivity contribution >= 4 is 23.2 Å². The summed E-state index contributed by atoms with van der Waals surface area (Å²) in [5, 5.41) is 11.4. The Bertz CT molecular complexity index is 764. The lowest BCUT2D eigenvalue weighted by molar-refractivity contribution is -0.159. The average molecular weight is 350 g/mol. The molecule has 1 aromatic heterocycles. The average Bonchev–Trinajstić information content (AvgIpc) is 3.03. The molecule has 1 aromatic carbocycles. The Morgan fingerprint density at radius 3 is 3.04 bits per heavy atom. The van der Waals surface area contributed by atoms with Gasteiger partial charge in [0.15, 0.2) is 6.10 Å². The highest BCUT2D eigenvalue weighted by molar-refractivity contribution is 7.13. The van der Waals surface area contributed by atoms with E-state index in [0.29, 0.717) is 22.8 Å². The number of carbonyl (C=O) groups is 2. The van der Waals surface area contributed by atoms with E-state index in [-0.39, 0.29) is 31.3 Å². The van der Waals surface area contributed by atoms with Crippen LogP contribution in [0.25, 0.3) is 10.6 Å². The maximum Gasteiger partial charge on any atom is 0.334 e. The number of nitrogens with zero attached hydrogens (tertiary/aromatic N) is 2. The van der Waals surface area contributed by atoms with Crippen LogP contribution in [0.3, 0.4) is 0 Å². The number of halogens is 1. The van der Waals surface area contributed by atoms with Crippen molar-refractivity contribution in [1.29, 1.82) is 0 Å². The summed E-state index contributed by atoms with van der Waals surface area (Å²) < 4.78 is 18.4. The number of carboxylic acid groups (broad SMARTS) is 1. The van der Waals surface area contributed by atoms with E-state index in [9.17, 15) is 14.0 Å². The molecule has 2 heterocycles. The van der Waals surface area contributed by atoms with Crippen LogP contribution in [0.1, 0.15) is 5.69 Å². The van der Waals surface area contributed by atoms with Gasteiger partial charge in [-0.2, -0.15) is 0 Å². The smallest absolute Gasteiger partial charge is 0.334 e. The third-order valence-electron chi connectivity index (χ3n) is 3.65. The minimum absolute atomic E-state index is 0.0368. The van der Waals surface area contributed by atoms with Gasteiger partial charge in [0.2, 0.25) is 5.91 Å². The number of thiazole rings is 1. The standard InChI is InChI=1S/C16H15FN2O4S/c17-11-3-1-2-10(6-11)15-18-12(9-24-15)7-14(20)19-4-5-23-13(8-19)16(21)22/h1-3,6,9,13H,4-5,7-8H2,(H,21,22). The van der Waals surface area contributed by atoms with Gasteiger partial charge in [-0.05, 0) is 12.1 Å². The van der Waals surface area contributed by atoms with Gasteiger partial charge in [0, 0.05) is 17.5 Å². The topological polar surface area (TPSA) is 79.7 Å². The molecule has 1 amide bonds. The molecule has 1 aliphatic rings. The van der Waals surface area contributed by atoms with E-state index in [2.05, 4.69) is 4.98 Å². The first kappa shape index (κ1) is 16.5. The Balaban J connectivity index is 1.66. The van der Waals surface area contributed by atoms with Crippen LogP contribution in [0.5, 0.6) is 0 Å². The van der Waals surface area contributed by atoms with Crippen LogP contribution < -0.4 is 0 Å². The summed E-state index contributed by atoms with van der Waals surface area (Å²) >= 11 is 1.34. The number of ether oxygens (including phenoxy) is 1. The fourth-order valence-electron chi connectivity index (χ4n) is 2.43. The molecule has 1 saturated heterocycles. The van der Waals surface area contributed by atoms with Crippen LogP contribution in [-0.2, 0) is 20.7 Å². The third-order valence-corrected chi connectivity index (χ3v) is 4.59. The Kier molecular flexibility index (Phi) is 4.86. The zero-order valence-corrected chi connectivity index (χ0v) is 13.5. The molecule has 1 N–H and O–H groups in total. The SMILES string of the molecule is O=C(O)C1CN(C(=O)Cc2csc(-c3cccc(F)c3)n2)CCO1. The summed E-state index contributed by atoms with van der Waals surface area (Å²) in [5.41, 5.74) is 1.25. The van der Waals surface area contributed by atoms with E-state index >= 15 is 0 Å². The van der Waals surface area contributed by atoms with Crippen molar-refractivity contribution in [3.8, 4) is 10.6 Å². The van der Waals surface area contributed by atoms with Gasteiger partial charge >= 0.3 is 5.97 Å². The number of hydrogen-bond donors (Lipinski definition) is 1. The number of benzene rings is 1. The summed E-state index contributed by atoms with van der Waals surface area (Å²) in [6.45, 7) is 0.604. The number of carboxylic acids is 1. The molecular formula is C16H15FN2O4S. The minimum Gasteiger partial charge on any atom is -0.479 e. The zero-order chi connectivity index (χ0) is 17.1. The van der Waals surface area contributed by atoms with E-state index in [0.717, 1.165) is 0 Å². The second kappa shape index (κ2) is 7.06. The third kappa shape index (κ3) is 3.77. The predicted octanol–water partition coefficient (Wildman–Crippen LogP) is 1.80. The highest BCUT2D eigenvalue weighted by Crippen LogP contribution is 2.24. The molecule has 0 aliphatic carbocycles. The van der Waals surface area contributed by atoms with Crippen LogP contribution in [0.15, 0.2) is 29.6 Å². The van der Waals surface area contributed by atoms with Crippen LogP contribution in [-0.4, -0.2) is 52.7 Å². The van der Waals surface area contributed by atoms with Crippen LogP contribution >= 0.6 is 11.3 Å². The number of amides is 1. The Hall–Kier alpha value is -2.32. The molecule has 0 spiro atoms. The van der Waals surface area contributed by atoms with Gasteiger partial charge in [0.05, 0.1) is 25.3 Å². The lowest BCUT2D eigenvalue weighted by atomic mass is 10.2. The van der Waals surface area contributed by atoms with Crippen molar-refractivity contribution in [2.75, 3.05) is 19.7 Å². The van der Waals surface area contributed by atoms with E-state index in [1.807, 2.05) is 0 Å². The number of rotatable bonds is 4. The van der Waals surface area contributed by atoms with E-state index in [1.165, 1.54) is 28.4 Å². The monoisotopic (exact) mass is 350 g/mol. The Labute approximate surface area is 141 Å². The summed E-state index contributed by atoms with van der Waals surface area (Å²) in [5.74, 6) is -1.61. The van der Waals surface area contributed by atoms with Gasteiger partial charge in [0.1, 0.15) is 10.8 Å². The number of aliphatic carboxylic acids is 1. The van der Waals surface area contributed by atoms with Gasteiger partial charge in [-0.3, -0.25) is 4.79 Å². The number of aromatic nitrogens is 1. The molecule has 8 heteroatoms. The van der Waals surface area contributed by atoms with E-state index < -0.39 is 12.1 Å². The molecule has 24 heavy (non-hydrogen) atoms. The van der Waals surface area contributed by atoms with Crippen molar-refractivity contribution in [3.05, 3.63) is 41.2 Å². The summed E-state index contributed by atoms with van der Waals surface area (Å²) in [6.07, 6.45) is -0.904. The first-order chi connectivity index (χ1) is 11.5. The van der Waals surface area contributed by atoms with Crippen LogP contribution in [0.2, 0.25) is 0 Å². The molecule has 6 nitrogen and oxygen atoms in total. The zero-order valence-electron chi connectivity index (χ0n) is 12.6. The lowest BCUT2D eigenvalue weighted by Gasteiger charge is -2.30. The normalized spacial score (nSPS) is 17.7. The molecule has 0 saturated carbocycles. The van der Waals surface area contributed by atoms with E-state index in [1.54, 1.807) is 17.5 Å². The van der Waals surface area contributed by atoms with Crippen molar-refractivity contribution in [1.82, 2.24) is 9.88 Å². The molecule has 1 atom stereocenters. The number of carbonyl (C=O) groups excluding carboxylic acids is 1. The Morgan fingerprint density at radius 1 is 1.46 bits per heavy atom. The van der Waals surface area contributed by atoms with Crippen molar-refractivity contribution in [3.63, 3.8) is 0 Å². The molecule has 0 bridgehead atoms. The summed E-state index contributed by atoms with van der Waals surface area (Å²) in [6, 6.07) is 6.12. The fourth-order valence-corrected chi connectivity index (χ4v) is 3.25. The highest BCUT2D eigenvalue weighted by Gasteiger charge is 2.29. The maximum atomic E-state index is 13.3. The van der Waals surface area contributed by atoms with Gasteiger partial charge in [-0.25, -0.2) is 14.2 Å². The van der Waals surface area contributed by atoms with Crippen LogP contribution in [0.4, 0.5) is 4.39 Å². The van der Waals surface area contributed by atoms with Crippen molar-refractivity contribution in [2.45, 2.75) is 12.5 Å². The molecule has 1 aliphatic heterocycles. The number of morpholine rings is 1. The maximum absolute atomic E-state index is 13.3. The van der Waals surface area contributed by atoms with Gasteiger partial charge in [-0.15, -0.1) is 11.3 Å². The Morgan fingerprint density at radius 2 is 2.29 bits per heavy atom. The largest absolute Gasteiger partial charge is 0.479 e. The molecule has 1 fully saturated rings. The summed E-state index contributed by atoms with van der Waals surface area (Å²) in [4.78, 5) is 29.1. The quantitative estimate of drug-likeness (QED) is 0.910. The molecule has 1 unspecified atom stereocenters. The van der Waals surface area contributed by atoms with Gasteiger partial charge in [-0.1, -0.05) is 12.1 Å². The van der Waals surface area contributed by atoms with Gasteiger partial charge < -0.3 is 14.7 Å². The highest BCUT2D eigenvalue weighted by atomic mass is 32.1. The second-order valence-corrected chi connectivity index (χ2v) is 6.23.